The number of rotatable bonds is 14. The monoisotopic (exact) mass is 684 g/mol. The number of aliphatic hydroxyl groups excluding tert-OH is 1. The summed E-state index contributed by atoms with van der Waals surface area (Å²) in [5, 5.41) is 18.6. The summed E-state index contributed by atoms with van der Waals surface area (Å²) in [6, 6.07) is 0. The molecule has 4 heterocycles. The van der Waals surface area contributed by atoms with Crippen LogP contribution in [0.1, 0.15) is 6.42 Å². The first-order chi connectivity index (χ1) is 20.6. The maximum absolute atomic E-state index is 12.3. The normalized spacial score (nSPS) is 23.7. The minimum absolute atomic E-state index is 0.0552. The number of anilines is 1. The van der Waals surface area contributed by atoms with Crippen LogP contribution < -0.4 is 16.0 Å². The Hall–Kier alpha value is -3.10. The van der Waals surface area contributed by atoms with Gasteiger partial charge in [0.25, 0.3) is 5.91 Å². The summed E-state index contributed by atoms with van der Waals surface area (Å²) < 4.78 is 51.5. The third-order valence-corrected chi connectivity index (χ3v) is 9.53. The average molecular weight is 684 g/mol. The summed E-state index contributed by atoms with van der Waals surface area (Å²) in [4.78, 5) is 77.1. The summed E-state index contributed by atoms with van der Waals surface area (Å²) in [5.41, 5.74) is 1.17. The zero-order valence-corrected chi connectivity index (χ0v) is 24.9. The van der Waals surface area contributed by atoms with Crippen molar-refractivity contribution in [2.24, 2.45) is 0 Å². The number of phosphoric ester groups is 1. The van der Waals surface area contributed by atoms with Crippen molar-refractivity contribution >= 4 is 52.3 Å². The molecule has 5 atom stereocenters. The second-order valence-electron chi connectivity index (χ2n) is 8.95. The fraction of sp³-hybridized carbons (Fsp3) is 0.421. The van der Waals surface area contributed by atoms with Crippen LogP contribution in [-0.2, 0) is 41.2 Å². The van der Waals surface area contributed by atoms with Crippen molar-refractivity contribution in [1.82, 2.24) is 35.5 Å². The number of amides is 2. The predicted octanol–water partition coefficient (Wildman–Crippen LogP) is -1.47. The topological polar surface area (TPSA) is 317 Å². The van der Waals surface area contributed by atoms with Gasteiger partial charge in [0.15, 0.2) is 11.5 Å². The number of carbonyl (C=O) groups is 2. The van der Waals surface area contributed by atoms with Crippen LogP contribution >= 0.6 is 23.5 Å². The van der Waals surface area contributed by atoms with Gasteiger partial charge in [-0.15, -0.1) is 0 Å². The largest absolute Gasteiger partial charge is 0.490 e. The number of hydrogen-bond donors (Lipinski definition) is 9. The van der Waals surface area contributed by atoms with Crippen LogP contribution in [0, 0.1) is 0 Å². The standard InChI is InChI=1S/C19H27N8O14P3/c28-12-5-15(39-13(12)7-38-43(34,35)41-44(36,37)40-42(31,32)33)27-6-11(19(30)26-10-27)1-2-14(29)20-3-4-21-17-16-18(23-8-22-16)25-9-24-17/h1-2,6,8-9,12-13,15,28H,3-5,7,10H2,(H,20,29)(H,26,30)(H,34,35)(H,36,37)(H2,31,32,33)(H2,21,22,23,24,25)/b2-1+/t12?,13-,15-/m1/s1. The maximum atomic E-state index is 12.3. The van der Waals surface area contributed by atoms with E-state index in [-0.39, 0.29) is 25.2 Å². The molecule has 0 radical (unpaired) electrons. The van der Waals surface area contributed by atoms with Crippen LogP contribution in [0.5, 0.6) is 0 Å². The van der Waals surface area contributed by atoms with Crippen LogP contribution in [0.15, 0.2) is 36.6 Å². The first kappa shape index (κ1) is 33.8. The van der Waals surface area contributed by atoms with E-state index in [4.69, 9.17) is 14.5 Å². The number of phosphoric acid groups is 3. The van der Waals surface area contributed by atoms with Gasteiger partial charge in [0.1, 0.15) is 24.2 Å². The lowest BCUT2D eigenvalue weighted by molar-refractivity contribution is -0.120. The third-order valence-electron chi connectivity index (χ3n) is 5.73. The Balaban J connectivity index is 1.25. The molecule has 2 aliphatic heterocycles. The number of hydrogen-bond acceptors (Lipinski definition) is 15. The van der Waals surface area contributed by atoms with Gasteiger partial charge in [-0.2, -0.15) is 8.62 Å². The molecule has 4 rings (SSSR count). The molecule has 2 amide bonds. The highest BCUT2D eigenvalue weighted by Gasteiger charge is 2.43. The van der Waals surface area contributed by atoms with E-state index in [2.05, 4.69) is 49.0 Å². The van der Waals surface area contributed by atoms with Gasteiger partial charge in [0.2, 0.25) is 5.91 Å². The number of nitrogens with one attached hydrogen (secondary N) is 4. The highest BCUT2D eigenvalue weighted by atomic mass is 31.3. The highest BCUT2D eigenvalue weighted by molar-refractivity contribution is 7.66. The van der Waals surface area contributed by atoms with E-state index in [9.17, 15) is 38.2 Å². The molecule has 0 saturated carbocycles. The third kappa shape index (κ3) is 9.70. The lowest BCUT2D eigenvalue weighted by Gasteiger charge is -2.31. The van der Waals surface area contributed by atoms with Gasteiger partial charge in [-0.25, -0.2) is 28.6 Å². The van der Waals surface area contributed by atoms with Crippen molar-refractivity contribution < 1.29 is 65.8 Å². The first-order valence-corrected chi connectivity index (χ1v) is 16.8. The van der Waals surface area contributed by atoms with E-state index in [1.807, 2.05) is 0 Å². The summed E-state index contributed by atoms with van der Waals surface area (Å²) in [6.45, 7) is -0.372. The number of aromatic nitrogens is 4. The number of aliphatic hydroxyl groups is 1. The van der Waals surface area contributed by atoms with Crippen LogP contribution in [0.2, 0.25) is 0 Å². The SMILES string of the molecule is O=C(/C=C/C1=CN([C@H]2CC(O)[C@@H](COP(=O)(O)OP(=O)(O)OP(=O)(O)O)O2)CNC1=O)NCCNc1ncnc2[nH]cnc12. The molecule has 0 aliphatic carbocycles. The van der Waals surface area contributed by atoms with Crippen molar-refractivity contribution in [3.63, 3.8) is 0 Å². The maximum Gasteiger partial charge on any atom is 0.490 e. The highest BCUT2D eigenvalue weighted by Crippen LogP contribution is 2.66. The summed E-state index contributed by atoms with van der Waals surface area (Å²) >= 11 is 0. The molecule has 0 bridgehead atoms. The predicted molar refractivity (Wildman–Crippen MR) is 144 cm³/mol. The zero-order chi connectivity index (χ0) is 32.1. The van der Waals surface area contributed by atoms with E-state index in [0.29, 0.717) is 23.5 Å². The zero-order valence-electron chi connectivity index (χ0n) is 22.2. The second kappa shape index (κ2) is 13.9. The molecule has 0 aromatic carbocycles. The number of ether oxygens (including phenoxy) is 1. The molecule has 1 fully saturated rings. The van der Waals surface area contributed by atoms with Crippen molar-refractivity contribution in [3.05, 3.63) is 36.6 Å². The van der Waals surface area contributed by atoms with Gasteiger partial charge < -0.3 is 55.3 Å². The van der Waals surface area contributed by atoms with Crippen LogP contribution in [0.25, 0.3) is 11.2 Å². The molecule has 2 aliphatic rings. The molecule has 44 heavy (non-hydrogen) atoms. The Morgan fingerprint density at radius 1 is 1.14 bits per heavy atom. The fourth-order valence-electron chi connectivity index (χ4n) is 3.88. The van der Waals surface area contributed by atoms with Crippen LogP contribution in [0.3, 0.4) is 0 Å². The number of nitrogens with zero attached hydrogens (tertiary/aromatic N) is 4. The first-order valence-electron chi connectivity index (χ1n) is 12.3. The number of aromatic amines is 1. The molecule has 0 spiro atoms. The van der Waals surface area contributed by atoms with Gasteiger partial charge >= 0.3 is 23.5 Å². The summed E-state index contributed by atoms with van der Waals surface area (Å²) in [7, 11) is -16.7. The van der Waals surface area contributed by atoms with Gasteiger partial charge in [-0.05, 0) is 6.08 Å². The molecule has 25 heteroatoms. The Bertz CT molecular complexity index is 1580. The quantitative estimate of drug-likeness (QED) is 0.0623. The van der Waals surface area contributed by atoms with E-state index >= 15 is 0 Å². The average Bonchev–Trinajstić information content (AvgIpc) is 3.54. The molecule has 9 N–H and O–H groups in total. The van der Waals surface area contributed by atoms with E-state index in [1.54, 1.807) is 0 Å². The van der Waals surface area contributed by atoms with Gasteiger partial charge in [-0.3, -0.25) is 14.1 Å². The smallest absolute Gasteiger partial charge is 0.390 e. The van der Waals surface area contributed by atoms with Crippen molar-refractivity contribution in [3.8, 4) is 0 Å². The number of carbonyl (C=O) groups excluding carboxylic acids is 2. The summed E-state index contributed by atoms with van der Waals surface area (Å²) in [6.07, 6.45) is 3.12. The van der Waals surface area contributed by atoms with Crippen molar-refractivity contribution in [1.29, 1.82) is 0 Å². The second-order valence-corrected chi connectivity index (χ2v) is 13.4. The minimum atomic E-state index is -5.71. The number of imidazole rings is 1. The minimum Gasteiger partial charge on any atom is -0.390 e. The Labute approximate surface area is 247 Å². The molecular weight excluding hydrogens is 657 g/mol. The fourth-order valence-corrected chi connectivity index (χ4v) is 6.91. The molecule has 2 aromatic heterocycles. The molecule has 22 nitrogen and oxygen atoms in total. The lowest BCUT2D eigenvalue weighted by Crippen LogP contribution is -2.45. The Kier molecular flexibility index (Phi) is 10.7. The Morgan fingerprint density at radius 3 is 2.66 bits per heavy atom. The van der Waals surface area contributed by atoms with Crippen molar-refractivity contribution in [2.45, 2.75) is 24.9 Å². The van der Waals surface area contributed by atoms with Crippen molar-refractivity contribution in [2.75, 3.05) is 31.7 Å². The van der Waals surface area contributed by atoms with E-state index in [1.165, 1.54) is 29.8 Å². The van der Waals surface area contributed by atoms with E-state index in [0.717, 1.165) is 6.08 Å². The molecule has 2 aromatic rings. The molecule has 242 valence electrons. The van der Waals surface area contributed by atoms with E-state index < -0.39 is 60.3 Å². The Morgan fingerprint density at radius 2 is 1.91 bits per heavy atom. The molecule has 3 unspecified atom stereocenters. The lowest BCUT2D eigenvalue weighted by atomic mass is 10.1. The van der Waals surface area contributed by atoms with Crippen LogP contribution in [0.4, 0.5) is 5.82 Å². The van der Waals surface area contributed by atoms with Gasteiger partial charge in [-0.1, -0.05) is 0 Å². The number of H-pyrrole nitrogens is 1. The van der Waals surface area contributed by atoms with Gasteiger partial charge in [0.05, 0.1) is 31.3 Å². The molecular formula is C19H27N8O14P3. The van der Waals surface area contributed by atoms with Crippen LogP contribution in [-0.4, -0.2) is 106 Å². The van der Waals surface area contributed by atoms with Gasteiger partial charge in [0, 0.05) is 31.8 Å². The number of fused-ring (bicyclic) bond motifs is 1. The summed E-state index contributed by atoms with van der Waals surface area (Å²) in [5.74, 6) is -0.508. The molecule has 1 saturated heterocycles.